The van der Waals surface area contributed by atoms with Gasteiger partial charge in [-0.15, -0.1) is 0 Å². The Labute approximate surface area is 100 Å². The second kappa shape index (κ2) is 5.13. The molecule has 0 atom stereocenters. The molecule has 0 bridgehead atoms. The van der Waals surface area contributed by atoms with Gasteiger partial charge in [0.15, 0.2) is 0 Å². The minimum Gasteiger partial charge on any atom is -0.0990 e. The molecule has 0 saturated heterocycles. The smallest absolute Gasteiger partial charge is 0.0775 e. The summed E-state index contributed by atoms with van der Waals surface area (Å²) in [7, 11) is -1.19. The Morgan fingerprint density at radius 3 is 2.00 bits per heavy atom. The van der Waals surface area contributed by atoms with Crippen LogP contribution in [0.2, 0.25) is 19.6 Å². The molecule has 1 rings (SSSR count). The lowest BCUT2D eigenvalue weighted by Crippen LogP contribution is -2.37. The van der Waals surface area contributed by atoms with Crippen LogP contribution in [-0.2, 0) is 0 Å². The van der Waals surface area contributed by atoms with Crippen LogP contribution in [0, 0.1) is 0 Å². The summed E-state index contributed by atoms with van der Waals surface area (Å²) >= 11 is 0. The Balaban J connectivity index is 3.08. The minimum atomic E-state index is -1.19. The van der Waals surface area contributed by atoms with Gasteiger partial charge in [0, 0.05) is 0 Å². The highest BCUT2D eigenvalue weighted by molar-refractivity contribution is 6.88. The van der Waals surface area contributed by atoms with Crippen LogP contribution in [0.1, 0.15) is 5.56 Å². The summed E-state index contributed by atoms with van der Waals surface area (Å²) in [5.74, 6) is 0. The second-order valence-corrected chi connectivity index (χ2v) is 9.97. The summed E-state index contributed by atoms with van der Waals surface area (Å²) in [5.41, 5.74) is 2.33. The van der Waals surface area contributed by atoms with Crippen molar-refractivity contribution in [2.45, 2.75) is 19.6 Å². The van der Waals surface area contributed by atoms with Crippen LogP contribution in [0.3, 0.4) is 0 Å². The monoisotopic (exact) mass is 228 g/mol. The van der Waals surface area contributed by atoms with Crippen LogP contribution in [0.5, 0.6) is 0 Å². The average molecular weight is 228 g/mol. The van der Waals surface area contributed by atoms with Crippen molar-refractivity contribution in [3.05, 3.63) is 61.2 Å². The van der Waals surface area contributed by atoms with Gasteiger partial charge < -0.3 is 0 Å². The van der Waals surface area contributed by atoms with Gasteiger partial charge >= 0.3 is 0 Å². The molecule has 0 N–H and O–H groups in total. The van der Waals surface area contributed by atoms with Gasteiger partial charge in [0.05, 0.1) is 8.07 Å². The Kier molecular flexibility index (Phi) is 4.08. The maximum absolute atomic E-state index is 3.82. The summed E-state index contributed by atoms with van der Waals surface area (Å²) < 4.78 is 0. The highest BCUT2D eigenvalue weighted by Crippen LogP contribution is 2.15. The first-order chi connectivity index (χ1) is 7.49. The molecule has 0 aliphatic carbocycles. The van der Waals surface area contributed by atoms with Crippen LogP contribution in [0.25, 0.3) is 5.57 Å². The zero-order valence-electron chi connectivity index (χ0n) is 10.5. The fourth-order valence-electron chi connectivity index (χ4n) is 1.57. The highest BCUT2D eigenvalue weighted by Gasteiger charge is 2.15. The van der Waals surface area contributed by atoms with Crippen molar-refractivity contribution in [2.24, 2.45) is 0 Å². The van der Waals surface area contributed by atoms with Crippen molar-refractivity contribution < 1.29 is 0 Å². The molecule has 0 nitrogen and oxygen atoms in total. The number of hydrogen-bond donors (Lipinski definition) is 0. The molecule has 0 fully saturated rings. The van der Waals surface area contributed by atoms with Gasteiger partial charge in [0.2, 0.25) is 0 Å². The standard InChI is InChI=1S/C15H20Si/c1-6-8-13(7-2)14-9-11-15(12-10-14)16(3,4)5/h6-12H,1-2H2,3-5H3/b13-8+. The van der Waals surface area contributed by atoms with E-state index in [1.54, 1.807) is 6.08 Å². The van der Waals surface area contributed by atoms with E-state index in [-0.39, 0.29) is 0 Å². The summed E-state index contributed by atoms with van der Waals surface area (Å²) in [6, 6.07) is 8.82. The number of allylic oxidation sites excluding steroid dienone is 4. The fourth-order valence-corrected chi connectivity index (χ4v) is 2.74. The Hall–Kier alpha value is -1.34. The second-order valence-electron chi connectivity index (χ2n) is 4.89. The van der Waals surface area contributed by atoms with E-state index in [4.69, 9.17) is 0 Å². The average Bonchev–Trinajstić information content (AvgIpc) is 2.25. The molecular formula is C15H20Si. The van der Waals surface area contributed by atoms with E-state index in [1.165, 1.54) is 10.8 Å². The molecule has 0 radical (unpaired) electrons. The van der Waals surface area contributed by atoms with E-state index in [9.17, 15) is 0 Å². The molecule has 0 heterocycles. The molecule has 1 heteroatoms. The molecule has 0 aromatic heterocycles. The van der Waals surface area contributed by atoms with Crippen molar-refractivity contribution >= 4 is 18.8 Å². The van der Waals surface area contributed by atoms with Crippen molar-refractivity contribution in [1.29, 1.82) is 0 Å². The third-order valence-electron chi connectivity index (χ3n) is 2.60. The van der Waals surface area contributed by atoms with Crippen LogP contribution >= 0.6 is 0 Å². The van der Waals surface area contributed by atoms with Gasteiger partial charge in [-0.3, -0.25) is 0 Å². The molecule has 16 heavy (non-hydrogen) atoms. The first kappa shape index (κ1) is 12.7. The lowest BCUT2D eigenvalue weighted by molar-refractivity contribution is 1.62. The molecular weight excluding hydrogens is 208 g/mol. The highest BCUT2D eigenvalue weighted by atomic mass is 28.3. The van der Waals surface area contributed by atoms with Gasteiger partial charge in [0.1, 0.15) is 0 Å². The molecule has 84 valence electrons. The fraction of sp³-hybridized carbons (Fsp3) is 0.200. The molecule has 1 aromatic carbocycles. The summed E-state index contributed by atoms with van der Waals surface area (Å²) in [4.78, 5) is 0. The van der Waals surface area contributed by atoms with E-state index in [1.807, 2.05) is 12.2 Å². The zero-order chi connectivity index (χ0) is 12.2. The van der Waals surface area contributed by atoms with Crippen molar-refractivity contribution in [2.75, 3.05) is 0 Å². The predicted octanol–water partition coefficient (Wildman–Crippen LogP) is 3.99. The number of rotatable bonds is 4. The van der Waals surface area contributed by atoms with Crippen LogP contribution in [0.4, 0.5) is 0 Å². The first-order valence-corrected chi connectivity index (χ1v) is 9.05. The van der Waals surface area contributed by atoms with Crippen molar-refractivity contribution in [3.8, 4) is 0 Å². The largest absolute Gasteiger partial charge is 0.0990 e. The van der Waals surface area contributed by atoms with Gasteiger partial charge in [-0.05, 0) is 11.1 Å². The third-order valence-corrected chi connectivity index (χ3v) is 4.67. The molecule has 1 aromatic rings. The quantitative estimate of drug-likeness (QED) is 0.540. The summed E-state index contributed by atoms with van der Waals surface area (Å²) in [6.07, 6.45) is 5.64. The van der Waals surface area contributed by atoms with Crippen molar-refractivity contribution in [1.82, 2.24) is 0 Å². The minimum absolute atomic E-state index is 1.12. The van der Waals surface area contributed by atoms with E-state index in [2.05, 4.69) is 57.1 Å². The van der Waals surface area contributed by atoms with Crippen LogP contribution < -0.4 is 5.19 Å². The van der Waals surface area contributed by atoms with E-state index in [0.717, 1.165) is 5.57 Å². The van der Waals surface area contributed by atoms with Crippen molar-refractivity contribution in [3.63, 3.8) is 0 Å². The maximum Gasteiger partial charge on any atom is 0.0775 e. The van der Waals surface area contributed by atoms with Gasteiger partial charge in [-0.25, -0.2) is 0 Å². The van der Waals surface area contributed by atoms with E-state index < -0.39 is 8.07 Å². The maximum atomic E-state index is 3.82. The van der Waals surface area contributed by atoms with Gasteiger partial charge in [0.25, 0.3) is 0 Å². The van der Waals surface area contributed by atoms with Gasteiger partial charge in [-0.2, -0.15) is 0 Å². The topological polar surface area (TPSA) is 0 Å². The Morgan fingerprint density at radius 2 is 1.62 bits per heavy atom. The molecule has 0 amide bonds. The normalized spacial score (nSPS) is 12.3. The zero-order valence-corrected chi connectivity index (χ0v) is 11.5. The lowest BCUT2D eigenvalue weighted by atomic mass is 10.1. The molecule has 0 unspecified atom stereocenters. The number of benzene rings is 1. The predicted molar refractivity (Wildman–Crippen MR) is 77.8 cm³/mol. The van der Waals surface area contributed by atoms with Crippen LogP contribution in [0.15, 0.2) is 55.7 Å². The van der Waals surface area contributed by atoms with Gasteiger partial charge in [-0.1, -0.05) is 80.5 Å². The molecule has 0 aliphatic rings. The Bertz CT molecular complexity index is 402. The SMILES string of the molecule is C=C/C=C(\C=C)c1ccc([Si](C)(C)C)cc1. The molecule has 0 saturated carbocycles. The van der Waals surface area contributed by atoms with Crippen LogP contribution in [-0.4, -0.2) is 8.07 Å². The molecule has 0 spiro atoms. The molecule has 0 aliphatic heterocycles. The Morgan fingerprint density at radius 1 is 1.06 bits per heavy atom. The first-order valence-electron chi connectivity index (χ1n) is 5.55. The number of hydrogen-bond acceptors (Lipinski definition) is 0. The lowest BCUT2D eigenvalue weighted by Gasteiger charge is -2.16. The summed E-state index contributed by atoms with van der Waals surface area (Å²) in [6.45, 7) is 14.6. The van der Waals surface area contributed by atoms with E-state index in [0.29, 0.717) is 0 Å². The van der Waals surface area contributed by atoms with E-state index >= 15 is 0 Å². The summed E-state index contributed by atoms with van der Waals surface area (Å²) in [5, 5.41) is 1.48. The third kappa shape index (κ3) is 3.07.